The summed E-state index contributed by atoms with van der Waals surface area (Å²) in [5, 5.41) is 2.98. The summed E-state index contributed by atoms with van der Waals surface area (Å²) in [5.41, 5.74) is 2.65. The lowest BCUT2D eigenvalue weighted by Crippen LogP contribution is -2.20. The van der Waals surface area contributed by atoms with Crippen molar-refractivity contribution in [2.75, 3.05) is 5.32 Å². The summed E-state index contributed by atoms with van der Waals surface area (Å²) in [5.74, 6) is 1.01. The van der Waals surface area contributed by atoms with Crippen molar-refractivity contribution in [3.8, 4) is 0 Å². The van der Waals surface area contributed by atoms with E-state index < -0.39 is 0 Å². The number of rotatable bonds is 7. The Balaban J connectivity index is 2.08. The van der Waals surface area contributed by atoms with Gasteiger partial charge in [0, 0.05) is 18.0 Å². The van der Waals surface area contributed by atoms with Gasteiger partial charge in [-0.05, 0) is 24.6 Å². The summed E-state index contributed by atoms with van der Waals surface area (Å²) in [6, 6.07) is 5.75. The number of carbonyl (C=O) groups is 1. The molecule has 2 N–H and O–H groups in total. The molecule has 0 aliphatic heterocycles. The third-order valence-electron chi connectivity index (χ3n) is 3.57. The average molecular weight is 285 g/mol. The quantitative estimate of drug-likeness (QED) is 0.754. The van der Waals surface area contributed by atoms with Crippen LogP contribution in [0, 0.1) is 5.92 Å². The maximum absolute atomic E-state index is 12.1. The van der Waals surface area contributed by atoms with E-state index in [1.807, 2.05) is 31.2 Å². The number of H-pyrrole nitrogens is 1. The lowest BCUT2D eigenvalue weighted by atomic mass is 10.0. The molecule has 21 heavy (non-hydrogen) atoms. The number of amides is 1. The summed E-state index contributed by atoms with van der Waals surface area (Å²) < 4.78 is 0. The van der Waals surface area contributed by atoms with E-state index in [9.17, 15) is 4.79 Å². The number of nitrogens with zero attached hydrogens (tertiary/aromatic N) is 1. The van der Waals surface area contributed by atoms with Crippen LogP contribution in [0.4, 0.5) is 5.69 Å². The molecule has 1 aromatic heterocycles. The van der Waals surface area contributed by atoms with Crippen LogP contribution in [0.5, 0.6) is 0 Å². The maximum atomic E-state index is 12.1. The molecule has 0 radical (unpaired) electrons. The molecule has 0 saturated heterocycles. The van der Waals surface area contributed by atoms with Crippen LogP contribution in [0.15, 0.2) is 30.9 Å². The largest absolute Gasteiger partial charge is 0.342 e. The van der Waals surface area contributed by atoms with Crippen molar-refractivity contribution < 1.29 is 4.79 Å². The molecule has 2 aromatic rings. The second-order valence-electron chi connectivity index (χ2n) is 5.44. The zero-order chi connectivity index (χ0) is 15.2. The summed E-state index contributed by atoms with van der Waals surface area (Å²) in [7, 11) is 0. The third-order valence-corrected chi connectivity index (χ3v) is 3.57. The minimum atomic E-state index is 0.0405. The highest BCUT2D eigenvalue weighted by Gasteiger charge is 2.12. The van der Waals surface area contributed by atoms with Gasteiger partial charge in [0.05, 0.1) is 11.0 Å². The van der Waals surface area contributed by atoms with Crippen LogP contribution in [0.1, 0.15) is 38.9 Å². The number of benzene rings is 1. The molecular weight excluding hydrogens is 262 g/mol. The van der Waals surface area contributed by atoms with Gasteiger partial charge in [0.25, 0.3) is 0 Å². The van der Waals surface area contributed by atoms with E-state index in [4.69, 9.17) is 0 Å². The highest BCUT2D eigenvalue weighted by atomic mass is 16.1. The number of unbranched alkanes of at least 4 members (excludes halogenated alkanes) is 1. The smallest absolute Gasteiger partial charge is 0.227 e. The van der Waals surface area contributed by atoms with Crippen molar-refractivity contribution in [1.29, 1.82) is 0 Å². The molecule has 1 aromatic carbocycles. The van der Waals surface area contributed by atoms with Crippen molar-refractivity contribution in [3.63, 3.8) is 0 Å². The molecule has 0 aliphatic rings. The predicted octanol–water partition coefficient (Wildman–Crippen LogP) is 4.06. The van der Waals surface area contributed by atoms with Crippen molar-refractivity contribution in [2.24, 2.45) is 5.92 Å². The van der Waals surface area contributed by atoms with Crippen molar-refractivity contribution in [2.45, 2.75) is 39.5 Å². The minimum absolute atomic E-state index is 0.0405. The minimum Gasteiger partial charge on any atom is -0.342 e. The second-order valence-corrected chi connectivity index (χ2v) is 5.44. The molecule has 4 nitrogen and oxygen atoms in total. The Morgan fingerprint density at radius 1 is 1.52 bits per heavy atom. The SMILES string of the molecule is C=CCc1nc2ccc(NC(=O)C(C)CCCC)cc2[nH]1. The number of nitrogens with one attached hydrogen (secondary N) is 2. The molecule has 0 saturated carbocycles. The van der Waals surface area contributed by atoms with Gasteiger partial charge in [-0.1, -0.05) is 32.8 Å². The van der Waals surface area contributed by atoms with E-state index in [-0.39, 0.29) is 11.8 Å². The first kappa shape index (κ1) is 15.3. The standard InChI is InChI=1S/C17H23N3O/c1-4-6-8-12(3)17(21)18-13-9-10-14-15(11-13)20-16(19-14)7-5-2/h5,9-12H,2,4,6-8H2,1,3H3,(H,18,21)(H,19,20). The van der Waals surface area contributed by atoms with Gasteiger partial charge in [0.1, 0.15) is 5.82 Å². The number of aromatic amines is 1. The van der Waals surface area contributed by atoms with Crippen LogP contribution in [0.25, 0.3) is 11.0 Å². The molecule has 112 valence electrons. The lowest BCUT2D eigenvalue weighted by molar-refractivity contribution is -0.119. The molecule has 1 heterocycles. The monoisotopic (exact) mass is 285 g/mol. The summed E-state index contributed by atoms with van der Waals surface area (Å²) in [4.78, 5) is 19.8. The lowest BCUT2D eigenvalue weighted by Gasteiger charge is -2.11. The summed E-state index contributed by atoms with van der Waals surface area (Å²) in [6.07, 6.45) is 5.65. The Morgan fingerprint density at radius 3 is 3.05 bits per heavy atom. The van der Waals surface area contributed by atoms with Crippen LogP contribution in [0.2, 0.25) is 0 Å². The van der Waals surface area contributed by atoms with E-state index in [1.165, 1.54) is 0 Å². The van der Waals surface area contributed by atoms with Crippen LogP contribution < -0.4 is 5.32 Å². The zero-order valence-electron chi connectivity index (χ0n) is 12.8. The zero-order valence-corrected chi connectivity index (χ0v) is 12.8. The van der Waals surface area contributed by atoms with Crippen molar-refractivity contribution in [1.82, 2.24) is 9.97 Å². The number of hydrogen-bond acceptors (Lipinski definition) is 2. The van der Waals surface area contributed by atoms with E-state index in [2.05, 4.69) is 28.8 Å². The number of aromatic nitrogens is 2. The van der Waals surface area contributed by atoms with Crippen molar-refractivity contribution in [3.05, 3.63) is 36.7 Å². The fourth-order valence-electron chi connectivity index (χ4n) is 2.28. The first-order valence-corrected chi connectivity index (χ1v) is 7.54. The van der Waals surface area contributed by atoms with E-state index in [0.717, 1.165) is 41.8 Å². The number of allylic oxidation sites excluding steroid dienone is 1. The molecule has 0 bridgehead atoms. The van der Waals surface area contributed by atoms with Crippen LogP contribution in [0.3, 0.4) is 0 Å². The molecule has 1 amide bonds. The van der Waals surface area contributed by atoms with Gasteiger partial charge in [-0.15, -0.1) is 6.58 Å². The van der Waals surface area contributed by atoms with Crippen LogP contribution >= 0.6 is 0 Å². The molecule has 0 spiro atoms. The summed E-state index contributed by atoms with van der Waals surface area (Å²) in [6.45, 7) is 7.82. The number of hydrogen-bond donors (Lipinski definition) is 2. The summed E-state index contributed by atoms with van der Waals surface area (Å²) >= 11 is 0. The Morgan fingerprint density at radius 2 is 2.33 bits per heavy atom. The van der Waals surface area contributed by atoms with Gasteiger partial charge >= 0.3 is 0 Å². The number of imidazole rings is 1. The highest BCUT2D eigenvalue weighted by Crippen LogP contribution is 2.19. The van der Waals surface area contributed by atoms with Gasteiger partial charge in [0.2, 0.25) is 5.91 Å². The Kier molecular flexibility index (Phi) is 5.14. The van der Waals surface area contributed by atoms with Crippen molar-refractivity contribution >= 4 is 22.6 Å². The molecule has 4 heteroatoms. The van der Waals surface area contributed by atoms with E-state index >= 15 is 0 Å². The highest BCUT2D eigenvalue weighted by molar-refractivity contribution is 5.94. The molecule has 0 aliphatic carbocycles. The Bertz CT molecular complexity index is 630. The van der Waals surface area contributed by atoms with Crippen LogP contribution in [-0.4, -0.2) is 15.9 Å². The Hall–Kier alpha value is -2.10. The number of fused-ring (bicyclic) bond motifs is 1. The average Bonchev–Trinajstić information content (AvgIpc) is 2.86. The van der Waals surface area contributed by atoms with E-state index in [0.29, 0.717) is 6.42 Å². The van der Waals surface area contributed by atoms with Gasteiger partial charge in [-0.2, -0.15) is 0 Å². The molecule has 1 atom stereocenters. The normalized spacial score (nSPS) is 12.3. The van der Waals surface area contributed by atoms with Gasteiger partial charge in [-0.3, -0.25) is 4.79 Å². The van der Waals surface area contributed by atoms with Gasteiger partial charge in [0.15, 0.2) is 0 Å². The van der Waals surface area contributed by atoms with Crippen LogP contribution in [-0.2, 0) is 11.2 Å². The topological polar surface area (TPSA) is 57.8 Å². The first-order valence-electron chi connectivity index (χ1n) is 7.54. The maximum Gasteiger partial charge on any atom is 0.227 e. The van der Waals surface area contributed by atoms with E-state index in [1.54, 1.807) is 0 Å². The fraction of sp³-hybridized carbons (Fsp3) is 0.412. The van der Waals surface area contributed by atoms with Gasteiger partial charge in [-0.25, -0.2) is 4.98 Å². The number of anilines is 1. The fourth-order valence-corrected chi connectivity index (χ4v) is 2.28. The second kappa shape index (κ2) is 7.07. The molecular formula is C17H23N3O. The predicted molar refractivity (Wildman–Crippen MR) is 87.3 cm³/mol. The molecule has 2 rings (SSSR count). The van der Waals surface area contributed by atoms with Gasteiger partial charge < -0.3 is 10.3 Å². The molecule has 1 unspecified atom stereocenters. The molecule has 0 fully saturated rings. The number of carbonyl (C=O) groups excluding carboxylic acids is 1. The third kappa shape index (κ3) is 3.94. The Labute approximate surface area is 125 Å². The first-order chi connectivity index (χ1) is 10.1.